The molecule has 0 aromatic heterocycles. The summed E-state index contributed by atoms with van der Waals surface area (Å²) in [6.07, 6.45) is 4.71. The lowest BCUT2D eigenvalue weighted by Crippen LogP contribution is -2.51. The molecule has 0 unspecified atom stereocenters. The quantitative estimate of drug-likeness (QED) is 0.687. The minimum atomic E-state index is -3.24. The van der Waals surface area contributed by atoms with Crippen molar-refractivity contribution in [1.29, 1.82) is 0 Å². The lowest BCUT2D eigenvalue weighted by Gasteiger charge is -2.36. The first-order valence-electron chi connectivity index (χ1n) is 6.17. The summed E-state index contributed by atoms with van der Waals surface area (Å²) in [6.45, 7) is 0.396. The van der Waals surface area contributed by atoms with E-state index in [9.17, 15) is 8.42 Å². The Kier molecular flexibility index (Phi) is 5.37. The van der Waals surface area contributed by atoms with Crippen molar-refractivity contribution in [2.24, 2.45) is 0 Å². The molecule has 0 atom stereocenters. The third-order valence-corrected chi connectivity index (χ3v) is 5.09. The van der Waals surface area contributed by atoms with Gasteiger partial charge in [-0.2, -0.15) is 0 Å². The molecule has 1 fully saturated rings. The van der Waals surface area contributed by atoms with Crippen molar-refractivity contribution in [2.45, 2.75) is 37.6 Å². The normalized spacial score (nSPS) is 20.0. The van der Waals surface area contributed by atoms with Crippen molar-refractivity contribution in [3.63, 3.8) is 0 Å². The standard InChI is InChI=1S/C11H24N2O3S/c1-13(2)11(6-3-4-7-11)10-12-17(15,16)9-5-8-14/h12,14H,3-10H2,1-2H3. The maximum absolute atomic E-state index is 11.7. The molecule has 1 aliphatic carbocycles. The molecule has 6 heteroatoms. The fraction of sp³-hybridized carbons (Fsp3) is 1.00. The van der Waals surface area contributed by atoms with Crippen LogP contribution in [-0.2, 0) is 10.0 Å². The fourth-order valence-corrected chi connectivity index (χ4v) is 3.53. The van der Waals surface area contributed by atoms with E-state index in [1.165, 1.54) is 0 Å². The van der Waals surface area contributed by atoms with E-state index < -0.39 is 10.0 Å². The zero-order valence-electron chi connectivity index (χ0n) is 10.8. The number of aliphatic hydroxyl groups is 1. The van der Waals surface area contributed by atoms with E-state index in [2.05, 4.69) is 9.62 Å². The van der Waals surface area contributed by atoms with Crippen LogP contribution < -0.4 is 4.72 Å². The number of hydrogen-bond donors (Lipinski definition) is 2. The van der Waals surface area contributed by atoms with Gasteiger partial charge < -0.3 is 10.0 Å². The van der Waals surface area contributed by atoms with Gasteiger partial charge in [0.2, 0.25) is 10.0 Å². The van der Waals surface area contributed by atoms with E-state index in [4.69, 9.17) is 5.11 Å². The highest BCUT2D eigenvalue weighted by Gasteiger charge is 2.36. The molecule has 5 nitrogen and oxygen atoms in total. The molecule has 0 saturated heterocycles. The number of aliphatic hydroxyl groups excluding tert-OH is 1. The first kappa shape index (κ1) is 14.9. The van der Waals surface area contributed by atoms with E-state index in [0.29, 0.717) is 13.0 Å². The summed E-state index contributed by atoms with van der Waals surface area (Å²) in [5, 5.41) is 8.65. The van der Waals surface area contributed by atoms with Crippen LogP contribution in [0.4, 0.5) is 0 Å². The van der Waals surface area contributed by atoms with Gasteiger partial charge in [0.1, 0.15) is 0 Å². The van der Waals surface area contributed by atoms with Crippen molar-refractivity contribution >= 4 is 10.0 Å². The Morgan fingerprint density at radius 3 is 2.35 bits per heavy atom. The smallest absolute Gasteiger partial charge is 0.211 e. The molecule has 0 aliphatic heterocycles. The zero-order valence-corrected chi connectivity index (χ0v) is 11.6. The summed E-state index contributed by atoms with van der Waals surface area (Å²) in [7, 11) is 0.775. The van der Waals surface area contributed by atoms with Gasteiger partial charge in [0.05, 0.1) is 5.75 Å². The van der Waals surface area contributed by atoms with E-state index in [-0.39, 0.29) is 17.9 Å². The SMILES string of the molecule is CN(C)C1(CNS(=O)(=O)CCCO)CCCC1. The van der Waals surface area contributed by atoms with Crippen LogP contribution >= 0.6 is 0 Å². The summed E-state index contributed by atoms with van der Waals surface area (Å²) in [6, 6.07) is 0. The molecule has 0 radical (unpaired) electrons. The van der Waals surface area contributed by atoms with Gasteiger partial charge in [-0.05, 0) is 33.4 Å². The van der Waals surface area contributed by atoms with Crippen LogP contribution in [0.15, 0.2) is 0 Å². The fourth-order valence-electron chi connectivity index (χ4n) is 2.39. The van der Waals surface area contributed by atoms with Gasteiger partial charge in [-0.15, -0.1) is 0 Å². The molecule has 0 aromatic rings. The van der Waals surface area contributed by atoms with Crippen LogP contribution in [0.1, 0.15) is 32.1 Å². The molecule has 1 rings (SSSR count). The number of sulfonamides is 1. The predicted octanol–water partition coefficient (Wildman–Crippen LogP) is 0.163. The van der Waals surface area contributed by atoms with Crippen molar-refractivity contribution in [1.82, 2.24) is 9.62 Å². The van der Waals surface area contributed by atoms with Crippen LogP contribution in [0.5, 0.6) is 0 Å². The maximum atomic E-state index is 11.7. The average molecular weight is 264 g/mol. The topological polar surface area (TPSA) is 69.6 Å². The highest BCUT2D eigenvalue weighted by Crippen LogP contribution is 2.33. The first-order chi connectivity index (χ1) is 7.92. The highest BCUT2D eigenvalue weighted by molar-refractivity contribution is 7.89. The van der Waals surface area contributed by atoms with E-state index in [1.54, 1.807) is 0 Å². The molecule has 17 heavy (non-hydrogen) atoms. The Balaban J connectivity index is 2.53. The molecule has 0 spiro atoms. The molecule has 2 N–H and O–H groups in total. The van der Waals surface area contributed by atoms with Crippen LogP contribution in [0.25, 0.3) is 0 Å². The van der Waals surface area contributed by atoms with Crippen LogP contribution in [0.3, 0.4) is 0 Å². The zero-order chi connectivity index (χ0) is 12.9. The van der Waals surface area contributed by atoms with Crippen molar-refractivity contribution in [3.05, 3.63) is 0 Å². The number of rotatable bonds is 7. The Morgan fingerprint density at radius 2 is 1.88 bits per heavy atom. The Labute approximate surface area is 104 Å². The van der Waals surface area contributed by atoms with E-state index >= 15 is 0 Å². The van der Waals surface area contributed by atoms with Crippen molar-refractivity contribution in [3.8, 4) is 0 Å². The third-order valence-electron chi connectivity index (χ3n) is 3.68. The summed E-state index contributed by atoms with van der Waals surface area (Å²) in [5.74, 6) is 0.00695. The first-order valence-corrected chi connectivity index (χ1v) is 7.83. The minimum absolute atomic E-state index is 0.00695. The lowest BCUT2D eigenvalue weighted by atomic mass is 9.97. The lowest BCUT2D eigenvalue weighted by molar-refractivity contribution is 0.162. The molecular weight excluding hydrogens is 240 g/mol. The van der Waals surface area contributed by atoms with Gasteiger partial charge in [-0.1, -0.05) is 12.8 Å². The Hall–Kier alpha value is -0.170. The molecule has 0 bridgehead atoms. The van der Waals surface area contributed by atoms with E-state index in [1.807, 2.05) is 14.1 Å². The van der Waals surface area contributed by atoms with Crippen LogP contribution in [0.2, 0.25) is 0 Å². The van der Waals surface area contributed by atoms with Gasteiger partial charge in [0.15, 0.2) is 0 Å². The highest BCUT2D eigenvalue weighted by atomic mass is 32.2. The van der Waals surface area contributed by atoms with Gasteiger partial charge >= 0.3 is 0 Å². The monoisotopic (exact) mass is 264 g/mol. The molecule has 0 aromatic carbocycles. The van der Waals surface area contributed by atoms with Crippen molar-refractivity contribution < 1.29 is 13.5 Å². The molecular formula is C11H24N2O3S. The summed E-state index contributed by atoms with van der Waals surface area (Å²) < 4.78 is 26.0. The van der Waals surface area contributed by atoms with Gasteiger partial charge in [-0.3, -0.25) is 0 Å². The summed E-state index contributed by atoms with van der Waals surface area (Å²) in [4.78, 5) is 2.13. The second-order valence-corrected chi connectivity index (χ2v) is 6.97. The largest absolute Gasteiger partial charge is 0.396 e. The molecule has 1 aliphatic rings. The van der Waals surface area contributed by atoms with Gasteiger partial charge in [0, 0.05) is 18.7 Å². The van der Waals surface area contributed by atoms with Crippen LogP contribution in [0, 0.1) is 0 Å². The van der Waals surface area contributed by atoms with Crippen molar-refractivity contribution in [2.75, 3.05) is 33.0 Å². The summed E-state index contributed by atoms with van der Waals surface area (Å²) in [5.41, 5.74) is -0.0215. The second-order valence-electron chi connectivity index (χ2n) is 5.04. The molecule has 102 valence electrons. The van der Waals surface area contributed by atoms with Gasteiger partial charge in [0.25, 0.3) is 0 Å². The summed E-state index contributed by atoms with van der Waals surface area (Å²) >= 11 is 0. The second kappa shape index (κ2) is 6.13. The molecule has 0 heterocycles. The third kappa shape index (κ3) is 4.21. The predicted molar refractivity (Wildman–Crippen MR) is 68.4 cm³/mol. The Bertz CT molecular complexity index is 322. The molecule has 0 amide bonds. The number of nitrogens with one attached hydrogen (secondary N) is 1. The average Bonchev–Trinajstić information content (AvgIpc) is 2.74. The molecule has 1 saturated carbocycles. The van der Waals surface area contributed by atoms with Gasteiger partial charge in [-0.25, -0.2) is 13.1 Å². The Morgan fingerprint density at radius 1 is 1.29 bits per heavy atom. The number of likely N-dealkylation sites (N-methyl/N-ethyl adjacent to an activating group) is 1. The van der Waals surface area contributed by atoms with Crippen LogP contribution in [-0.4, -0.2) is 57.0 Å². The maximum Gasteiger partial charge on any atom is 0.211 e. The number of nitrogens with zero attached hydrogens (tertiary/aromatic N) is 1. The minimum Gasteiger partial charge on any atom is -0.396 e. The van der Waals surface area contributed by atoms with E-state index in [0.717, 1.165) is 25.7 Å². The number of hydrogen-bond acceptors (Lipinski definition) is 4.